The summed E-state index contributed by atoms with van der Waals surface area (Å²) in [6.45, 7) is 5.55. The summed E-state index contributed by atoms with van der Waals surface area (Å²) >= 11 is 0. The van der Waals surface area contributed by atoms with Crippen LogP contribution in [0.1, 0.15) is 38.3 Å². The largest absolute Gasteiger partial charge is 0.497 e. The fourth-order valence-electron chi connectivity index (χ4n) is 2.70. The van der Waals surface area contributed by atoms with Crippen LogP contribution in [0, 0.1) is 0 Å². The molecule has 1 unspecified atom stereocenters. The maximum atomic E-state index is 11.3. The van der Waals surface area contributed by atoms with Crippen LogP contribution in [-0.4, -0.2) is 37.0 Å². The molecule has 0 aromatic heterocycles. The molecule has 1 fully saturated rings. The van der Waals surface area contributed by atoms with E-state index >= 15 is 0 Å². The molecule has 1 heterocycles. The molecule has 4 heteroatoms. The van der Waals surface area contributed by atoms with Crippen LogP contribution < -0.4 is 10.1 Å². The Morgan fingerprint density at radius 3 is 2.40 bits per heavy atom. The molecule has 1 amide bonds. The number of nitrogens with one attached hydrogen (secondary N) is 1. The van der Waals surface area contributed by atoms with E-state index in [1.54, 1.807) is 14.0 Å². The van der Waals surface area contributed by atoms with Gasteiger partial charge in [-0.05, 0) is 37.5 Å². The smallest absolute Gasteiger partial charge is 0.219 e. The molecular weight excluding hydrogens is 252 g/mol. The summed E-state index contributed by atoms with van der Waals surface area (Å²) in [5.74, 6) is 1.07. The van der Waals surface area contributed by atoms with E-state index < -0.39 is 0 Å². The van der Waals surface area contributed by atoms with Gasteiger partial charge in [-0.2, -0.15) is 0 Å². The van der Waals surface area contributed by atoms with Crippen molar-refractivity contribution in [2.24, 2.45) is 0 Å². The average Bonchev–Trinajstić information content (AvgIpc) is 2.48. The Bertz CT molecular complexity index is 436. The van der Waals surface area contributed by atoms with E-state index in [9.17, 15) is 4.79 Å². The molecule has 1 aliphatic heterocycles. The molecule has 0 aliphatic carbocycles. The van der Waals surface area contributed by atoms with Crippen LogP contribution >= 0.6 is 0 Å². The van der Waals surface area contributed by atoms with Gasteiger partial charge in [0.1, 0.15) is 5.75 Å². The third-order valence-electron chi connectivity index (χ3n) is 4.04. The van der Waals surface area contributed by atoms with Crippen LogP contribution in [0.4, 0.5) is 0 Å². The van der Waals surface area contributed by atoms with Crippen molar-refractivity contribution in [2.45, 2.75) is 38.8 Å². The fourth-order valence-corrected chi connectivity index (χ4v) is 2.70. The number of methoxy groups -OCH3 is 1. The number of hydrogen-bond acceptors (Lipinski definition) is 3. The van der Waals surface area contributed by atoms with Crippen LogP contribution in [0.5, 0.6) is 5.75 Å². The first-order valence-corrected chi connectivity index (χ1v) is 7.25. The van der Waals surface area contributed by atoms with Crippen LogP contribution in [0.2, 0.25) is 0 Å². The standard InChI is InChI=1S/C16H24N2O2/c1-12(14-4-6-16(20-3)7-5-14)17-15-8-10-18(11-9-15)13(2)19/h4-7,12,15,17H,8-11H2,1-3H3. The SMILES string of the molecule is COc1ccc(C(C)NC2CCN(C(C)=O)CC2)cc1. The Morgan fingerprint density at radius 1 is 1.30 bits per heavy atom. The molecule has 1 atom stereocenters. The van der Waals surface area contributed by atoms with Crippen molar-refractivity contribution in [3.63, 3.8) is 0 Å². The quantitative estimate of drug-likeness (QED) is 0.918. The highest BCUT2D eigenvalue weighted by Gasteiger charge is 2.21. The van der Waals surface area contributed by atoms with Crippen LogP contribution in [-0.2, 0) is 4.79 Å². The zero-order valence-electron chi connectivity index (χ0n) is 12.6. The molecule has 1 N–H and O–H groups in total. The van der Waals surface area contributed by atoms with Crippen molar-refractivity contribution in [1.29, 1.82) is 0 Å². The Kier molecular flexibility index (Phi) is 5.01. The Morgan fingerprint density at radius 2 is 1.90 bits per heavy atom. The number of hydrogen-bond donors (Lipinski definition) is 1. The van der Waals surface area contributed by atoms with Gasteiger partial charge in [-0.15, -0.1) is 0 Å². The van der Waals surface area contributed by atoms with Gasteiger partial charge in [0.15, 0.2) is 0 Å². The van der Waals surface area contributed by atoms with E-state index in [0.717, 1.165) is 31.7 Å². The monoisotopic (exact) mass is 276 g/mol. The third-order valence-corrected chi connectivity index (χ3v) is 4.04. The minimum atomic E-state index is 0.187. The van der Waals surface area contributed by atoms with Gasteiger partial charge in [0.2, 0.25) is 5.91 Å². The number of benzene rings is 1. The summed E-state index contributed by atoms with van der Waals surface area (Å²) in [6.07, 6.45) is 2.06. The molecule has 0 bridgehead atoms. The van der Waals surface area contributed by atoms with Crippen molar-refractivity contribution in [2.75, 3.05) is 20.2 Å². The third kappa shape index (κ3) is 3.73. The Balaban J connectivity index is 1.85. The van der Waals surface area contributed by atoms with Crippen molar-refractivity contribution in [3.8, 4) is 5.75 Å². The Labute approximate surface area is 121 Å². The molecule has 4 nitrogen and oxygen atoms in total. The lowest BCUT2D eigenvalue weighted by atomic mass is 10.0. The molecule has 20 heavy (non-hydrogen) atoms. The first-order chi connectivity index (χ1) is 9.60. The van der Waals surface area contributed by atoms with Crippen LogP contribution in [0.25, 0.3) is 0 Å². The average molecular weight is 276 g/mol. The van der Waals surface area contributed by atoms with E-state index in [1.807, 2.05) is 17.0 Å². The van der Waals surface area contributed by atoms with Crippen LogP contribution in [0.3, 0.4) is 0 Å². The van der Waals surface area contributed by atoms with Gasteiger partial charge in [0, 0.05) is 32.1 Å². The van der Waals surface area contributed by atoms with Gasteiger partial charge in [-0.25, -0.2) is 0 Å². The van der Waals surface area contributed by atoms with Gasteiger partial charge in [0.25, 0.3) is 0 Å². The van der Waals surface area contributed by atoms with Crippen LogP contribution in [0.15, 0.2) is 24.3 Å². The molecule has 1 saturated heterocycles. The highest BCUT2D eigenvalue weighted by Crippen LogP contribution is 2.20. The lowest BCUT2D eigenvalue weighted by Gasteiger charge is -2.33. The Hall–Kier alpha value is -1.55. The lowest BCUT2D eigenvalue weighted by Crippen LogP contribution is -2.44. The van der Waals surface area contributed by atoms with Gasteiger partial charge in [-0.1, -0.05) is 12.1 Å². The number of nitrogens with zero attached hydrogens (tertiary/aromatic N) is 1. The molecule has 1 aromatic rings. The fraction of sp³-hybridized carbons (Fsp3) is 0.562. The molecule has 0 spiro atoms. The molecule has 0 saturated carbocycles. The van der Waals surface area contributed by atoms with E-state index in [0.29, 0.717) is 12.1 Å². The van der Waals surface area contributed by atoms with E-state index in [2.05, 4.69) is 24.4 Å². The normalized spacial score (nSPS) is 17.9. The van der Waals surface area contributed by atoms with Crippen molar-refractivity contribution >= 4 is 5.91 Å². The molecule has 1 aromatic carbocycles. The molecule has 110 valence electrons. The molecule has 0 radical (unpaired) electrons. The number of piperidine rings is 1. The predicted octanol–water partition coefficient (Wildman–Crippen LogP) is 2.36. The van der Waals surface area contributed by atoms with E-state index in [-0.39, 0.29) is 5.91 Å². The number of rotatable bonds is 4. The second-order valence-electron chi connectivity index (χ2n) is 5.44. The summed E-state index contributed by atoms with van der Waals surface area (Å²) in [6, 6.07) is 8.98. The van der Waals surface area contributed by atoms with Gasteiger partial charge >= 0.3 is 0 Å². The second kappa shape index (κ2) is 6.75. The molecule has 1 aliphatic rings. The lowest BCUT2D eigenvalue weighted by molar-refractivity contribution is -0.129. The maximum absolute atomic E-state index is 11.3. The number of carbonyl (C=O) groups excluding carboxylic acids is 1. The summed E-state index contributed by atoms with van der Waals surface area (Å²) in [5, 5.41) is 3.65. The van der Waals surface area contributed by atoms with Crippen molar-refractivity contribution in [3.05, 3.63) is 29.8 Å². The predicted molar refractivity (Wildman–Crippen MR) is 79.8 cm³/mol. The number of carbonyl (C=O) groups is 1. The zero-order chi connectivity index (χ0) is 14.5. The summed E-state index contributed by atoms with van der Waals surface area (Å²) < 4.78 is 5.18. The van der Waals surface area contributed by atoms with Gasteiger partial charge in [-0.3, -0.25) is 4.79 Å². The zero-order valence-corrected chi connectivity index (χ0v) is 12.6. The molecular formula is C16H24N2O2. The summed E-state index contributed by atoms with van der Waals surface area (Å²) in [7, 11) is 1.68. The summed E-state index contributed by atoms with van der Waals surface area (Å²) in [5.41, 5.74) is 1.26. The first-order valence-electron chi connectivity index (χ1n) is 7.25. The molecule has 2 rings (SSSR count). The highest BCUT2D eigenvalue weighted by atomic mass is 16.5. The van der Waals surface area contributed by atoms with Crippen molar-refractivity contribution < 1.29 is 9.53 Å². The second-order valence-corrected chi connectivity index (χ2v) is 5.44. The minimum absolute atomic E-state index is 0.187. The first kappa shape index (κ1) is 14.9. The number of amides is 1. The minimum Gasteiger partial charge on any atom is -0.497 e. The maximum Gasteiger partial charge on any atom is 0.219 e. The highest BCUT2D eigenvalue weighted by molar-refractivity contribution is 5.73. The number of likely N-dealkylation sites (tertiary alicyclic amines) is 1. The summed E-state index contributed by atoms with van der Waals surface area (Å²) in [4.78, 5) is 13.2. The van der Waals surface area contributed by atoms with E-state index in [4.69, 9.17) is 4.74 Å². The van der Waals surface area contributed by atoms with E-state index in [1.165, 1.54) is 5.56 Å². The number of ether oxygens (including phenoxy) is 1. The van der Waals surface area contributed by atoms with Crippen molar-refractivity contribution in [1.82, 2.24) is 10.2 Å². The van der Waals surface area contributed by atoms with Gasteiger partial charge < -0.3 is 15.0 Å². The topological polar surface area (TPSA) is 41.6 Å². The van der Waals surface area contributed by atoms with Gasteiger partial charge in [0.05, 0.1) is 7.11 Å².